The molecule has 2 aromatic rings. The maximum atomic E-state index is 3.44. The molecule has 1 saturated heterocycles. The zero-order chi connectivity index (χ0) is 17.1. The molecule has 0 amide bonds. The molecule has 0 aromatic heterocycles. The maximum absolute atomic E-state index is 3.44. The highest BCUT2D eigenvalue weighted by Crippen LogP contribution is 2.38. The topological polar surface area (TPSA) is 15.3 Å². The summed E-state index contributed by atoms with van der Waals surface area (Å²) in [6, 6.07) is 13.6. The molecule has 24 heavy (non-hydrogen) atoms. The van der Waals surface area contributed by atoms with Gasteiger partial charge in [-0.3, -0.25) is 0 Å². The second-order valence-corrected chi connectivity index (χ2v) is 8.02. The van der Waals surface area contributed by atoms with E-state index in [1.807, 2.05) is 11.8 Å². The predicted molar refractivity (Wildman–Crippen MR) is 106 cm³/mol. The van der Waals surface area contributed by atoms with Crippen LogP contribution in [0.5, 0.6) is 0 Å². The predicted octanol–water partition coefficient (Wildman–Crippen LogP) is 4.99. The molecule has 2 nitrogen and oxygen atoms in total. The monoisotopic (exact) mass is 340 g/mol. The number of hydrogen-bond acceptors (Lipinski definition) is 3. The van der Waals surface area contributed by atoms with E-state index in [2.05, 4.69) is 74.3 Å². The lowest BCUT2D eigenvalue weighted by Crippen LogP contribution is -2.43. The van der Waals surface area contributed by atoms with Crippen LogP contribution in [0.2, 0.25) is 0 Å². The SMILES string of the molecule is Cc1cc(C)c(C(C)C)cc1Sc1ccccc1N1CCNCC1. The first-order valence-electron chi connectivity index (χ1n) is 8.90. The van der Waals surface area contributed by atoms with Crippen molar-refractivity contribution in [2.75, 3.05) is 31.1 Å². The van der Waals surface area contributed by atoms with Crippen molar-refractivity contribution in [2.24, 2.45) is 0 Å². The molecule has 0 unspecified atom stereocenters. The van der Waals surface area contributed by atoms with E-state index < -0.39 is 0 Å². The number of hydrogen-bond donors (Lipinski definition) is 1. The summed E-state index contributed by atoms with van der Waals surface area (Å²) in [5, 5.41) is 3.44. The maximum Gasteiger partial charge on any atom is 0.0508 e. The quantitative estimate of drug-likeness (QED) is 0.844. The fourth-order valence-corrected chi connectivity index (χ4v) is 4.50. The van der Waals surface area contributed by atoms with Gasteiger partial charge in [0.25, 0.3) is 0 Å². The Morgan fingerprint density at radius 2 is 1.67 bits per heavy atom. The van der Waals surface area contributed by atoms with E-state index in [1.165, 1.54) is 32.2 Å². The molecule has 0 bridgehead atoms. The van der Waals surface area contributed by atoms with E-state index in [0.717, 1.165) is 26.2 Å². The Bertz CT molecular complexity index is 703. The minimum absolute atomic E-state index is 0.563. The first kappa shape index (κ1) is 17.4. The summed E-state index contributed by atoms with van der Waals surface area (Å²) in [7, 11) is 0. The molecule has 3 rings (SSSR count). The average Bonchev–Trinajstić information content (AvgIpc) is 2.58. The van der Waals surface area contributed by atoms with Crippen molar-refractivity contribution in [3.63, 3.8) is 0 Å². The van der Waals surface area contributed by atoms with Gasteiger partial charge < -0.3 is 10.2 Å². The van der Waals surface area contributed by atoms with Crippen LogP contribution in [-0.2, 0) is 0 Å². The molecule has 0 aliphatic carbocycles. The van der Waals surface area contributed by atoms with E-state index >= 15 is 0 Å². The third-order valence-electron chi connectivity index (χ3n) is 4.73. The van der Waals surface area contributed by atoms with Gasteiger partial charge in [0.1, 0.15) is 0 Å². The summed E-state index contributed by atoms with van der Waals surface area (Å²) in [5.74, 6) is 0.563. The number of aryl methyl sites for hydroxylation is 2. The number of rotatable bonds is 4. The van der Waals surface area contributed by atoms with Gasteiger partial charge in [-0.25, -0.2) is 0 Å². The lowest BCUT2D eigenvalue weighted by Gasteiger charge is -2.31. The Kier molecular flexibility index (Phi) is 5.52. The molecule has 1 N–H and O–H groups in total. The van der Waals surface area contributed by atoms with Crippen LogP contribution in [0.3, 0.4) is 0 Å². The fourth-order valence-electron chi connectivity index (χ4n) is 3.41. The summed E-state index contributed by atoms with van der Waals surface area (Å²) in [6.07, 6.45) is 0. The number of piperazine rings is 1. The van der Waals surface area contributed by atoms with E-state index in [0.29, 0.717) is 5.92 Å². The van der Waals surface area contributed by atoms with Gasteiger partial charge in [0.15, 0.2) is 0 Å². The van der Waals surface area contributed by atoms with Crippen LogP contribution < -0.4 is 10.2 Å². The third kappa shape index (κ3) is 3.79. The number of para-hydroxylation sites is 1. The Balaban J connectivity index is 1.93. The van der Waals surface area contributed by atoms with E-state index in [1.54, 1.807) is 0 Å². The van der Waals surface area contributed by atoms with Crippen LogP contribution in [0.4, 0.5) is 5.69 Å². The second kappa shape index (κ2) is 7.62. The average molecular weight is 341 g/mol. The van der Waals surface area contributed by atoms with Crippen LogP contribution in [0.1, 0.15) is 36.5 Å². The highest BCUT2D eigenvalue weighted by atomic mass is 32.2. The van der Waals surface area contributed by atoms with Crippen molar-refractivity contribution >= 4 is 17.4 Å². The Labute approximate surface area is 150 Å². The lowest BCUT2D eigenvalue weighted by molar-refractivity contribution is 0.587. The number of benzene rings is 2. The third-order valence-corrected chi connectivity index (χ3v) is 5.95. The van der Waals surface area contributed by atoms with Crippen molar-refractivity contribution in [1.82, 2.24) is 5.32 Å². The summed E-state index contributed by atoms with van der Waals surface area (Å²) in [6.45, 7) is 13.3. The largest absolute Gasteiger partial charge is 0.368 e. The zero-order valence-corrected chi connectivity index (χ0v) is 16.0. The highest BCUT2D eigenvalue weighted by molar-refractivity contribution is 7.99. The molecular formula is C21H28N2S. The second-order valence-electron chi connectivity index (χ2n) is 6.94. The zero-order valence-electron chi connectivity index (χ0n) is 15.2. The molecular weight excluding hydrogens is 312 g/mol. The van der Waals surface area contributed by atoms with Gasteiger partial charge in [-0.1, -0.05) is 43.8 Å². The first-order valence-corrected chi connectivity index (χ1v) is 9.71. The van der Waals surface area contributed by atoms with Crippen LogP contribution in [0, 0.1) is 13.8 Å². The standard InChI is InChI=1S/C21H28N2S/c1-15(2)18-14-21(17(4)13-16(18)3)24-20-8-6-5-7-19(20)23-11-9-22-10-12-23/h5-8,13-15,22H,9-12H2,1-4H3. The minimum Gasteiger partial charge on any atom is -0.368 e. The van der Waals surface area contributed by atoms with Crippen molar-refractivity contribution in [2.45, 2.75) is 43.4 Å². The molecule has 1 fully saturated rings. The molecule has 128 valence electrons. The van der Waals surface area contributed by atoms with Crippen LogP contribution in [-0.4, -0.2) is 26.2 Å². The number of anilines is 1. The van der Waals surface area contributed by atoms with Crippen molar-refractivity contribution in [3.8, 4) is 0 Å². The normalized spacial score (nSPS) is 15.1. The summed E-state index contributed by atoms with van der Waals surface area (Å²) < 4.78 is 0. The van der Waals surface area contributed by atoms with Gasteiger partial charge in [-0.15, -0.1) is 0 Å². The van der Waals surface area contributed by atoms with E-state index in [-0.39, 0.29) is 0 Å². The molecule has 1 aliphatic heterocycles. The summed E-state index contributed by atoms with van der Waals surface area (Å²) in [4.78, 5) is 5.25. The van der Waals surface area contributed by atoms with E-state index in [9.17, 15) is 0 Å². The number of nitrogens with one attached hydrogen (secondary N) is 1. The highest BCUT2D eigenvalue weighted by Gasteiger charge is 2.16. The van der Waals surface area contributed by atoms with Gasteiger partial charge in [0.05, 0.1) is 5.69 Å². The Hall–Kier alpha value is -1.45. The molecule has 1 heterocycles. The Morgan fingerprint density at radius 3 is 2.38 bits per heavy atom. The van der Waals surface area contributed by atoms with Gasteiger partial charge in [-0.2, -0.15) is 0 Å². The molecule has 0 saturated carbocycles. The van der Waals surface area contributed by atoms with Crippen molar-refractivity contribution in [3.05, 3.63) is 53.1 Å². The molecule has 0 radical (unpaired) electrons. The van der Waals surface area contributed by atoms with Gasteiger partial charge in [-0.05, 0) is 54.7 Å². The van der Waals surface area contributed by atoms with Crippen LogP contribution >= 0.6 is 11.8 Å². The summed E-state index contributed by atoms with van der Waals surface area (Å²) in [5.41, 5.74) is 5.61. The number of nitrogens with zero attached hydrogens (tertiary/aromatic N) is 1. The van der Waals surface area contributed by atoms with Crippen LogP contribution in [0.15, 0.2) is 46.2 Å². The minimum atomic E-state index is 0.563. The lowest BCUT2D eigenvalue weighted by atomic mass is 9.96. The molecule has 1 aliphatic rings. The van der Waals surface area contributed by atoms with Gasteiger partial charge >= 0.3 is 0 Å². The Morgan fingerprint density at radius 1 is 0.958 bits per heavy atom. The molecule has 2 aromatic carbocycles. The van der Waals surface area contributed by atoms with E-state index in [4.69, 9.17) is 0 Å². The van der Waals surface area contributed by atoms with Crippen molar-refractivity contribution < 1.29 is 0 Å². The first-order chi connectivity index (χ1) is 11.6. The van der Waals surface area contributed by atoms with Gasteiger partial charge in [0, 0.05) is 36.0 Å². The molecule has 0 spiro atoms. The van der Waals surface area contributed by atoms with Crippen LogP contribution in [0.25, 0.3) is 0 Å². The van der Waals surface area contributed by atoms with Crippen molar-refractivity contribution in [1.29, 1.82) is 0 Å². The van der Waals surface area contributed by atoms with Gasteiger partial charge in [0.2, 0.25) is 0 Å². The summed E-state index contributed by atoms with van der Waals surface area (Å²) >= 11 is 1.91. The fraction of sp³-hybridized carbons (Fsp3) is 0.429. The molecule has 3 heteroatoms. The molecule has 0 atom stereocenters. The smallest absolute Gasteiger partial charge is 0.0508 e.